The van der Waals surface area contributed by atoms with Crippen molar-refractivity contribution < 1.29 is 32.5 Å². The van der Waals surface area contributed by atoms with Gasteiger partial charge in [0.2, 0.25) is 0 Å². The first kappa shape index (κ1) is 30.6. The molecule has 2 heterocycles. The molecular formula is C30H53N2O2Zr. The number of rotatable bonds is 6. The van der Waals surface area contributed by atoms with E-state index in [1.165, 1.54) is 22.8 Å². The quantitative estimate of drug-likeness (QED) is 0.388. The van der Waals surface area contributed by atoms with Gasteiger partial charge in [-0.15, -0.1) is 0 Å². The van der Waals surface area contributed by atoms with Crippen LogP contribution in [0.2, 0.25) is 4.13 Å². The number of nitrogens with zero attached hydrogens (tertiary/aromatic N) is 2. The Morgan fingerprint density at radius 3 is 1.09 bits per heavy atom. The van der Waals surface area contributed by atoms with Crippen LogP contribution >= 0.6 is 0 Å². The standard InChI is InChI=1S/2C12H20N.C6H13O2.Zr/c2*1-11(2,3)9-7-8-10(13-9)12(4,5)6;1-5(7)4-6(2,3)8;/h2*7-8H,1-6H3;5,7-8H,2,4H2,1,3H3;/q2*-1;;+2. The first-order valence-electron chi connectivity index (χ1n) is 13.2. The molecule has 0 spiro atoms. The predicted octanol–water partition coefficient (Wildman–Crippen LogP) is 7.26. The summed E-state index contributed by atoms with van der Waals surface area (Å²) in [4.78, 5) is 0. The Balaban J connectivity index is 3.04. The van der Waals surface area contributed by atoms with Crippen molar-refractivity contribution in [3.63, 3.8) is 0 Å². The third-order valence-electron chi connectivity index (χ3n) is 6.63. The van der Waals surface area contributed by atoms with E-state index in [-0.39, 0.29) is 21.7 Å². The fourth-order valence-electron chi connectivity index (χ4n) is 5.08. The zero-order chi connectivity index (χ0) is 27.4. The molecule has 2 unspecified atom stereocenters. The number of aromatic nitrogens is 2. The van der Waals surface area contributed by atoms with Crippen molar-refractivity contribution in [2.75, 3.05) is 0 Å². The van der Waals surface area contributed by atoms with Crippen molar-refractivity contribution in [1.82, 2.24) is 5.02 Å². The van der Waals surface area contributed by atoms with Gasteiger partial charge in [-0.3, -0.25) is 0 Å². The second-order valence-corrected chi connectivity index (χ2v) is 20.1. The molecule has 0 radical (unpaired) electrons. The summed E-state index contributed by atoms with van der Waals surface area (Å²) in [6.07, 6.45) is -0.164. The fourth-order valence-corrected chi connectivity index (χ4v) is 15.1. The molecule has 5 heteroatoms. The molecule has 2 atom stereocenters. The zero-order valence-corrected chi connectivity index (χ0v) is 27.5. The van der Waals surface area contributed by atoms with Crippen LogP contribution in [0.25, 0.3) is 0 Å². The average molecular weight is 565 g/mol. The molecule has 2 rings (SSSR count). The molecular weight excluding hydrogens is 512 g/mol. The first-order chi connectivity index (χ1) is 15.5. The Labute approximate surface area is 224 Å². The van der Waals surface area contributed by atoms with E-state index in [2.05, 4.69) is 112 Å². The molecule has 0 aliphatic rings. The summed E-state index contributed by atoms with van der Waals surface area (Å²) in [5, 5.41) is 21.9. The van der Waals surface area contributed by atoms with Crippen molar-refractivity contribution in [3.8, 4) is 0 Å². The summed E-state index contributed by atoms with van der Waals surface area (Å²) < 4.78 is 6.09. The van der Waals surface area contributed by atoms with Gasteiger partial charge in [-0.05, 0) is 0 Å². The van der Waals surface area contributed by atoms with E-state index in [9.17, 15) is 10.2 Å². The van der Waals surface area contributed by atoms with Crippen LogP contribution in [0.15, 0.2) is 24.3 Å². The number of aliphatic hydroxyl groups excluding tert-OH is 1. The number of hydrogen-bond acceptors (Lipinski definition) is 2. The first-order valence-corrected chi connectivity index (χ1v) is 17.1. The van der Waals surface area contributed by atoms with Gasteiger partial charge < -0.3 is 0 Å². The maximum absolute atomic E-state index is 11.7. The van der Waals surface area contributed by atoms with Crippen LogP contribution in [0.3, 0.4) is 0 Å². The van der Waals surface area contributed by atoms with Crippen molar-refractivity contribution >= 4 is 0 Å². The molecule has 0 aliphatic heterocycles. The van der Waals surface area contributed by atoms with E-state index in [1.807, 2.05) is 6.92 Å². The summed E-state index contributed by atoms with van der Waals surface area (Å²) >= 11 is -2.95. The van der Waals surface area contributed by atoms with Gasteiger partial charge in [0.15, 0.2) is 0 Å². The van der Waals surface area contributed by atoms with Crippen LogP contribution in [0.4, 0.5) is 0 Å². The topological polar surface area (TPSA) is 50.3 Å². The van der Waals surface area contributed by atoms with Gasteiger partial charge in [0.05, 0.1) is 0 Å². The minimum absolute atomic E-state index is 0.0254. The predicted molar refractivity (Wildman–Crippen MR) is 146 cm³/mol. The van der Waals surface area contributed by atoms with Crippen LogP contribution in [0.5, 0.6) is 0 Å². The molecule has 0 fully saturated rings. The van der Waals surface area contributed by atoms with Crippen LogP contribution in [0, 0.1) is 0 Å². The van der Waals surface area contributed by atoms with Crippen LogP contribution in [0.1, 0.15) is 126 Å². The van der Waals surface area contributed by atoms with E-state index in [0.717, 1.165) is 0 Å². The van der Waals surface area contributed by atoms with Gasteiger partial charge in [0, 0.05) is 0 Å². The third-order valence-corrected chi connectivity index (χ3v) is 14.2. The normalized spacial score (nSPS) is 16.3. The van der Waals surface area contributed by atoms with E-state index in [1.54, 1.807) is 6.92 Å². The molecule has 0 bridgehead atoms. The molecule has 0 aliphatic carbocycles. The fraction of sp³-hybridized carbons (Fsp3) is 0.733. The van der Waals surface area contributed by atoms with Gasteiger partial charge in [0.1, 0.15) is 0 Å². The monoisotopic (exact) mass is 563 g/mol. The number of hydrogen-bond donors (Lipinski definition) is 2. The molecule has 2 aromatic rings. The van der Waals surface area contributed by atoms with E-state index in [4.69, 9.17) is 0 Å². The van der Waals surface area contributed by atoms with E-state index >= 15 is 0 Å². The Bertz CT molecular complexity index is 866. The minimum atomic E-state index is -2.95. The Hall–Kier alpha value is -0.637. The molecule has 199 valence electrons. The van der Waals surface area contributed by atoms with Crippen molar-refractivity contribution in [1.29, 1.82) is 0 Å². The molecule has 0 aromatic carbocycles. The van der Waals surface area contributed by atoms with Crippen LogP contribution in [-0.4, -0.2) is 26.9 Å². The van der Waals surface area contributed by atoms with Crippen molar-refractivity contribution in [2.24, 2.45) is 0 Å². The van der Waals surface area contributed by atoms with E-state index < -0.39 is 34.0 Å². The third kappa shape index (κ3) is 7.23. The maximum atomic E-state index is 11.7. The molecule has 2 N–H and O–H groups in total. The van der Waals surface area contributed by atoms with Crippen LogP contribution in [-0.2, 0) is 44.0 Å². The molecule has 0 amide bonds. The molecule has 35 heavy (non-hydrogen) atoms. The summed E-state index contributed by atoms with van der Waals surface area (Å²) in [5.41, 5.74) is 4.33. The second kappa shape index (κ2) is 9.92. The Kier molecular flexibility index (Phi) is 8.67. The van der Waals surface area contributed by atoms with E-state index in [0.29, 0.717) is 10.5 Å². The second-order valence-electron chi connectivity index (χ2n) is 15.0. The summed E-state index contributed by atoms with van der Waals surface area (Å²) in [6.45, 7) is 31.3. The van der Waals surface area contributed by atoms with Gasteiger partial charge >= 0.3 is 225 Å². The van der Waals surface area contributed by atoms with Gasteiger partial charge in [0.25, 0.3) is 0 Å². The average Bonchev–Trinajstić information content (AvgIpc) is 3.21. The molecule has 2 aromatic heterocycles. The summed E-state index contributed by atoms with van der Waals surface area (Å²) in [7, 11) is 0. The SMILES string of the molecule is CC(O)CC(C)(O)[CH2][Zr]([n]1c(C(C)(C)C)ccc1C(C)(C)C)[n]1c(C(C)(C)C)ccc1C(C)(C)C. The number of aliphatic hydroxyl groups is 2. The van der Waals surface area contributed by atoms with Crippen molar-refractivity contribution in [3.05, 3.63) is 47.0 Å². The van der Waals surface area contributed by atoms with Crippen molar-refractivity contribution in [2.45, 2.75) is 141 Å². The van der Waals surface area contributed by atoms with Crippen LogP contribution < -0.4 is 0 Å². The zero-order valence-electron chi connectivity index (χ0n) is 25.1. The Morgan fingerprint density at radius 2 is 0.886 bits per heavy atom. The van der Waals surface area contributed by atoms with Gasteiger partial charge in [-0.2, -0.15) is 0 Å². The van der Waals surface area contributed by atoms with Gasteiger partial charge in [-0.1, -0.05) is 0 Å². The van der Waals surface area contributed by atoms with Gasteiger partial charge in [-0.25, -0.2) is 0 Å². The molecule has 0 saturated heterocycles. The summed E-state index contributed by atoms with van der Waals surface area (Å²) in [6, 6.07) is 9.28. The Morgan fingerprint density at radius 1 is 0.629 bits per heavy atom. The molecule has 4 nitrogen and oxygen atoms in total. The summed E-state index contributed by atoms with van der Waals surface area (Å²) in [5.74, 6) is 0. The molecule has 0 saturated carbocycles.